The van der Waals surface area contributed by atoms with Crippen molar-refractivity contribution in [2.45, 2.75) is 0 Å². The van der Waals surface area contributed by atoms with Gasteiger partial charge in [0, 0.05) is 0 Å². The second-order valence-electron chi connectivity index (χ2n) is 2.96. The fourth-order valence-electron chi connectivity index (χ4n) is 1.12. The van der Waals surface area contributed by atoms with Crippen molar-refractivity contribution in [3.05, 3.63) is 36.4 Å². The zero-order chi connectivity index (χ0) is 10.9. The van der Waals surface area contributed by atoms with Crippen LogP contribution >= 0.6 is 0 Å². The van der Waals surface area contributed by atoms with E-state index in [1.165, 1.54) is 0 Å². The van der Waals surface area contributed by atoms with E-state index in [0.717, 1.165) is 11.3 Å². The van der Waals surface area contributed by atoms with Gasteiger partial charge >= 0.3 is 0 Å². The largest absolute Gasteiger partial charge is 0.491 e. The quantitative estimate of drug-likeness (QED) is 0.693. The molecule has 0 saturated heterocycles. The molecule has 0 saturated carbocycles. The second-order valence-corrected chi connectivity index (χ2v) is 2.96. The number of hydrogen-bond donors (Lipinski definition) is 1. The van der Waals surface area contributed by atoms with E-state index in [0.29, 0.717) is 19.8 Å². The Bertz CT molecular complexity index is 297. The molecule has 1 rings (SSSR count). The molecule has 0 radical (unpaired) electrons. The molecule has 3 nitrogen and oxygen atoms in total. The molecule has 0 amide bonds. The normalized spacial score (nSPS) is 9.93. The first kappa shape index (κ1) is 11.8. The molecular formula is C12H16O3. The number of benzene rings is 1. The van der Waals surface area contributed by atoms with Crippen molar-refractivity contribution in [2.24, 2.45) is 0 Å². The molecule has 3 heteroatoms. The second kappa shape index (κ2) is 7.04. The van der Waals surface area contributed by atoms with Gasteiger partial charge in [0.2, 0.25) is 0 Å². The average Bonchev–Trinajstić information content (AvgIpc) is 2.29. The molecule has 1 aromatic carbocycles. The lowest BCUT2D eigenvalue weighted by atomic mass is 10.2. The molecule has 0 unspecified atom stereocenters. The molecule has 0 heterocycles. The minimum Gasteiger partial charge on any atom is -0.491 e. The first-order valence-corrected chi connectivity index (χ1v) is 4.90. The van der Waals surface area contributed by atoms with Crippen LogP contribution in [0.25, 0.3) is 6.08 Å². The van der Waals surface area contributed by atoms with Crippen molar-refractivity contribution in [3.63, 3.8) is 0 Å². The van der Waals surface area contributed by atoms with E-state index in [1.54, 1.807) is 6.08 Å². The van der Waals surface area contributed by atoms with E-state index >= 15 is 0 Å². The lowest BCUT2D eigenvalue weighted by Crippen LogP contribution is -2.09. The van der Waals surface area contributed by atoms with Crippen molar-refractivity contribution in [1.29, 1.82) is 0 Å². The maximum absolute atomic E-state index is 8.47. The Morgan fingerprint density at radius 2 is 2.13 bits per heavy atom. The van der Waals surface area contributed by atoms with Crippen LogP contribution in [0.2, 0.25) is 0 Å². The van der Waals surface area contributed by atoms with Gasteiger partial charge in [-0.1, -0.05) is 24.8 Å². The van der Waals surface area contributed by atoms with Crippen molar-refractivity contribution in [2.75, 3.05) is 26.4 Å². The molecule has 0 bridgehead atoms. The molecule has 1 N–H and O–H groups in total. The highest BCUT2D eigenvalue weighted by molar-refractivity contribution is 5.49. The number of aliphatic hydroxyl groups excluding tert-OH is 1. The molecule has 1 aromatic rings. The van der Waals surface area contributed by atoms with Crippen LogP contribution in [0.4, 0.5) is 0 Å². The van der Waals surface area contributed by atoms with Gasteiger partial charge in [-0.05, 0) is 17.7 Å². The molecule has 0 aromatic heterocycles. The van der Waals surface area contributed by atoms with Crippen LogP contribution in [-0.2, 0) is 4.74 Å². The van der Waals surface area contributed by atoms with Crippen LogP contribution < -0.4 is 4.74 Å². The number of hydrogen-bond acceptors (Lipinski definition) is 3. The fraction of sp³-hybridized carbons (Fsp3) is 0.333. The first-order valence-electron chi connectivity index (χ1n) is 4.90. The van der Waals surface area contributed by atoms with Gasteiger partial charge in [-0.2, -0.15) is 0 Å². The fourth-order valence-corrected chi connectivity index (χ4v) is 1.12. The summed E-state index contributed by atoms with van der Waals surface area (Å²) in [5.74, 6) is 0.806. The smallest absolute Gasteiger partial charge is 0.120 e. The Balaban J connectivity index is 2.27. The lowest BCUT2D eigenvalue weighted by molar-refractivity contribution is 0.0705. The summed E-state index contributed by atoms with van der Waals surface area (Å²) < 4.78 is 10.5. The van der Waals surface area contributed by atoms with Gasteiger partial charge in [0.1, 0.15) is 12.4 Å². The Morgan fingerprint density at radius 3 is 2.87 bits per heavy atom. The van der Waals surface area contributed by atoms with E-state index < -0.39 is 0 Å². The summed E-state index contributed by atoms with van der Waals surface area (Å²) in [5, 5.41) is 8.47. The van der Waals surface area contributed by atoms with Gasteiger partial charge in [-0.3, -0.25) is 0 Å². The van der Waals surface area contributed by atoms with Gasteiger partial charge in [-0.15, -0.1) is 0 Å². The van der Waals surface area contributed by atoms with E-state index in [-0.39, 0.29) is 6.61 Å². The lowest BCUT2D eigenvalue weighted by Gasteiger charge is -2.06. The predicted molar refractivity (Wildman–Crippen MR) is 59.9 cm³/mol. The zero-order valence-electron chi connectivity index (χ0n) is 8.69. The van der Waals surface area contributed by atoms with E-state index in [1.807, 2.05) is 24.3 Å². The van der Waals surface area contributed by atoms with Crippen LogP contribution in [0.1, 0.15) is 5.56 Å². The Hall–Kier alpha value is -1.32. The first-order chi connectivity index (χ1) is 7.36. The number of aliphatic hydroxyl groups is 1. The highest BCUT2D eigenvalue weighted by Crippen LogP contribution is 2.13. The van der Waals surface area contributed by atoms with Crippen LogP contribution in [0.15, 0.2) is 30.8 Å². The maximum atomic E-state index is 8.47. The van der Waals surface area contributed by atoms with Gasteiger partial charge in [-0.25, -0.2) is 0 Å². The van der Waals surface area contributed by atoms with E-state index in [9.17, 15) is 0 Å². The average molecular weight is 208 g/mol. The summed E-state index contributed by atoms with van der Waals surface area (Å²) in [6, 6.07) is 7.68. The topological polar surface area (TPSA) is 38.7 Å². The molecule has 0 atom stereocenters. The molecule has 0 aliphatic heterocycles. The third-order valence-corrected chi connectivity index (χ3v) is 1.83. The summed E-state index contributed by atoms with van der Waals surface area (Å²) in [6.45, 7) is 5.06. The Labute approximate surface area is 90.0 Å². The van der Waals surface area contributed by atoms with Gasteiger partial charge in [0.15, 0.2) is 0 Å². The highest BCUT2D eigenvalue weighted by Gasteiger charge is 1.94. The van der Waals surface area contributed by atoms with Gasteiger partial charge in [0.05, 0.1) is 19.8 Å². The Morgan fingerprint density at radius 1 is 1.27 bits per heavy atom. The summed E-state index contributed by atoms with van der Waals surface area (Å²) in [6.07, 6.45) is 1.77. The van der Waals surface area contributed by atoms with Crippen LogP contribution in [0.5, 0.6) is 5.75 Å². The zero-order valence-corrected chi connectivity index (χ0v) is 8.69. The minimum absolute atomic E-state index is 0.0476. The minimum atomic E-state index is 0.0476. The molecule has 0 aliphatic rings. The summed E-state index contributed by atoms with van der Waals surface area (Å²) in [4.78, 5) is 0. The summed E-state index contributed by atoms with van der Waals surface area (Å²) >= 11 is 0. The predicted octanol–water partition coefficient (Wildman–Crippen LogP) is 1.72. The monoisotopic (exact) mass is 208 g/mol. The summed E-state index contributed by atoms with van der Waals surface area (Å²) in [7, 11) is 0. The molecule has 0 spiro atoms. The third kappa shape index (κ3) is 4.63. The van der Waals surface area contributed by atoms with Crippen LogP contribution in [0, 0.1) is 0 Å². The Kier molecular flexibility index (Phi) is 5.51. The SMILES string of the molecule is C=Cc1cccc(OCCOCCO)c1. The van der Waals surface area contributed by atoms with Crippen LogP contribution in [-0.4, -0.2) is 31.5 Å². The maximum Gasteiger partial charge on any atom is 0.120 e. The molecule has 82 valence electrons. The molecule has 0 fully saturated rings. The summed E-state index contributed by atoms with van der Waals surface area (Å²) in [5.41, 5.74) is 1.03. The standard InChI is InChI=1S/C12H16O3/c1-2-11-4-3-5-12(10-11)15-9-8-14-7-6-13/h2-5,10,13H,1,6-9H2. The van der Waals surface area contributed by atoms with Crippen molar-refractivity contribution in [3.8, 4) is 5.75 Å². The van der Waals surface area contributed by atoms with E-state index in [4.69, 9.17) is 14.6 Å². The van der Waals surface area contributed by atoms with Crippen molar-refractivity contribution < 1.29 is 14.6 Å². The number of rotatable bonds is 7. The highest BCUT2D eigenvalue weighted by atomic mass is 16.5. The number of ether oxygens (including phenoxy) is 2. The van der Waals surface area contributed by atoms with E-state index in [2.05, 4.69) is 6.58 Å². The van der Waals surface area contributed by atoms with Crippen molar-refractivity contribution in [1.82, 2.24) is 0 Å². The molecular weight excluding hydrogens is 192 g/mol. The third-order valence-electron chi connectivity index (χ3n) is 1.83. The van der Waals surface area contributed by atoms with Gasteiger partial charge in [0.25, 0.3) is 0 Å². The van der Waals surface area contributed by atoms with Crippen LogP contribution in [0.3, 0.4) is 0 Å². The van der Waals surface area contributed by atoms with Gasteiger partial charge < -0.3 is 14.6 Å². The molecule has 0 aliphatic carbocycles. The molecule has 15 heavy (non-hydrogen) atoms. The van der Waals surface area contributed by atoms with Crippen molar-refractivity contribution >= 4 is 6.08 Å².